The fourth-order valence-electron chi connectivity index (χ4n) is 2.98. The molecule has 0 radical (unpaired) electrons. The largest absolute Gasteiger partial charge is 0.508 e. The topological polar surface area (TPSA) is 85.7 Å². The maximum absolute atomic E-state index is 12.6. The Morgan fingerprint density at radius 2 is 1.76 bits per heavy atom. The third-order valence-corrected chi connectivity index (χ3v) is 4.28. The van der Waals surface area contributed by atoms with Crippen molar-refractivity contribution in [3.05, 3.63) is 72.1 Å². The van der Waals surface area contributed by atoms with Crippen LogP contribution in [-0.4, -0.2) is 35.2 Å². The number of aliphatic hydroxyl groups is 1. The number of pyridine rings is 1. The molecule has 2 aromatic carbocycles. The van der Waals surface area contributed by atoms with Crippen LogP contribution in [0.3, 0.4) is 0 Å². The van der Waals surface area contributed by atoms with Crippen LogP contribution in [0.2, 0.25) is 0 Å². The maximum Gasteiger partial charge on any atom is 0.342 e. The van der Waals surface area contributed by atoms with Gasteiger partial charge in [0.25, 0.3) is 0 Å². The minimum Gasteiger partial charge on any atom is -0.508 e. The molecule has 0 saturated heterocycles. The monoisotopic (exact) mass is 391 g/mol. The van der Waals surface area contributed by atoms with Gasteiger partial charge in [-0.2, -0.15) is 0 Å². The number of carbonyl (C=O) groups excluding carboxylic acids is 2. The molecule has 0 bridgehead atoms. The lowest BCUT2D eigenvalue weighted by atomic mass is 9.97. The quantitative estimate of drug-likeness (QED) is 0.383. The Morgan fingerprint density at radius 1 is 1.00 bits per heavy atom. The van der Waals surface area contributed by atoms with Gasteiger partial charge in [0.2, 0.25) is 0 Å². The fourth-order valence-corrected chi connectivity index (χ4v) is 2.98. The van der Waals surface area contributed by atoms with E-state index in [9.17, 15) is 14.7 Å². The Hall–Kier alpha value is -3.67. The summed E-state index contributed by atoms with van der Waals surface area (Å²) < 4.78 is 10.0. The molecule has 3 aromatic rings. The Kier molecular flexibility index (Phi) is 6.24. The van der Waals surface area contributed by atoms with Gasteiger partial charge in [0.1, 0.15) is 17.9 Å². The van der Waals surface area contributed by atoms with Crippen molar-refractivity contribution in [2.45, 2.75) is 13.8 Å². The smallest absolute Gasteiger partial charge is 0.342 e. The van der Waals surface area contributed by atoms with Crippen LogP contribution < -0.4 is 0 Å². The highest BCUT2D eigenvalue weighted by atomic mass is 16.5. The van der Waals surface area contributed by atoms with Gasteiger partial charge >= 0.3 is 11.9 Å². The first kappa shape index (κ1) is 20.1. The van der Waals surface area contributed by atoms with Crippen molar-refractivity contribution < 1.29 is 24.2 Å². The average molecular weight is 391 g/mol. The van der Waals surface area contributed by atoms with Crippen LogP contribution in [0.15, 0.2) is 66.6 Å². The highest BCUT2D eigenvalue weighted by Gasteiger charge is 2.22. The molecule has 0 fully saturated rings. The number of esters is 2. The highest BCUT2D eigenvalue weighted by molar-refractivity contribution is 6.20. The normalized spacial score (nSPS) is 11.7. The molecule has 148 valence electrons. The molecule has 3 rings (SSSR count). The lowest BCUT2D eigenvalue weighted by Crippen LogP contribution is -2.13. The molecule has 0 amide bonds. The van der Waals surface area contributed by atoms with Gasteiger partial charge in [-0.15, -0.1) is 0 Å². The summed E-state index contributed by atoms with van der Waals surface area (Å²) in [5, 5.41) is 11.2. The molecule has 0 saturated carbocycles. The first-order chi connectivity index (χ1) is 14.0. The number of carbonyl (C=O) groups is 2. The summed E-state index contributed by atoms with van der Waals surface area (Å²) in [4.78, 5) is 28.3. The highest BCUT2D eigenvalue weighted by Crippen LogP contribution is 2.30. The molecular weight excluding hydrogens is 370 g/mol. The number of nitrogens with zero attached hydrogens (tertiary/aromatic N) is 1. The van der Waals surface area contributed by atoms with Crippen molar-refractivity contribution in [1.82, 2.24) is 4.98 Å². The minimum atomic E-state index is -0.699. The molecule has 0 unspecified atom stereocenters. The van der Waals surface area contributed by atoms with E-state index in [1.807, 2.05) is 42.5 Å². The van der Waals surface area contributed by atoms with E-state index in [1.54, 1.807) is 25.3 Å². The Morgan fingerprint density at radius 3 is 2.45 bits per heavy atom. The van der Waals surface area contributed by atoms with Crippen molar-refractivity contribution in [2.24, 2.45) is 0 Å². The Labute approximate surface area is 168 Å². The predicted molar refractivity (Wildman–Crippen MR) is 110 cm³/mol. The number of fused-ring (bicyclic) bond motifs is 1. The van der Waals surface area contributed by atoms with E-state index >= 15 is 0 Å². The van der Waals surface area contributed by atoms with Gasteiger partial charge in [0.05, 0.1) is 12.1 Å². The van der Waals surface area contributed by atoms with E-state index in [1.165, 1.54) is 6.92 Å². The first-order valence-corrected chi connectivity index (χ1v) is 9.18. The zero-order valence-electron chi connectivity index (χ0n) is 16.2. The van der Waals surface area contributed by atoms with Crippen molar-refractivity contribution in [3.63, 3.8) is 0 Å². The van der Waals surface area contributed by atoms with Gasteiger partial charge in [0.15, 0.2) is 0 Å². The molecule has 6 heteroatoms. The Bertz CT molecular complexity index is 1070. The van der Waals surface area contributed by atoms with Gasteiger partial charge in [-0.05, 0) is 24.6 Å². The second-order valence-electron chi connectivity index (χ2n) is 6.28. The van der Waals surface area contributed by atoms with Crippen LogP contribution in [0.25, 0.3) is 27.6 Å². The van der Waals surface area contributed by atoms with Crippen molar-refractivity contribution in [3.8, 4) is 11.1 Å². The summed E-state index contributed by atoms with van der Waals surface area (Å²) >= 11 is 0. The summed E-state index contributed by atoms with van der Waals surface area (Å²) in [6.45, 7) is 2.62. The number of hydrogen-bond acceptors (Lipinski definition) is 6. The fraction of sp³-hybridized carbons (Fsp3) is 0.174. The zero-order chi connectivity index (χ0) is 20.8. The van der Waals surface area contributed by atoms with Crippen molar-refractivity contribution in [1.29, 1.82) is 0 Å². The van der Waals surface area contributed by atoms with Gasteiger partial charge < -0.3 is 14.6 Å². The van der Waals surface area contributed by atoms with Crippen LogP contribution >= 0.6 is 0 Å². The summed E-state index contributed by atoms with van der Waals surface area (Å²) in [6, 6.07) is 16.9. The number of rotatable bonds is 6. The van der Waals surface area contributed by atoms with Gasteiger partial charge in [-0.1, -0.05) is 42.5 Å². The summed E-state index contributed by atoms with van der Waals surface area (Å²) in [6.07, 6.45) is 1.76. The zero-order valence-corrected chi connectivity index (χ0v) is 16.2. The summed E-state index contributed by atoms with van der Waals surface area (Å²) in [5.74, 6) is -1.64. The second-order valence-corrected chi connectivity index (χ2v) is 6.28. The lowest BCUT2D eigenvalue weighted by molar-refractivity contribution is -0.141. The standard InChI is InChI=1S/C23H21NO5/c1-3-28-23(27)22(21(26)14-29-15(2)25)18-10-7-11-20-19(18)12-17(13-24-20)16-8-5-4-6-9-16/h4-13,26H,3,14H2,1-2H3. The summed E-state index contributed by atoms with van der Waals surface area (Å²) in [7, 11) is 0. The molecule has 1 aromatic heterocycles. The SMILES string of the molecule is CCOC(=O)C(=C(O)COC(C)=O)c1cccc2ncc(-c3ccccc3)cc12. The third-order valence-electron chi connectivity index (χ3n) is 4.28. The molecule has 0 aliphatic carbocycles. The number of ether oxygens (including phenoxy) is 2. The van der Waals surface area contributed by atoms with Crippen molar-refractivity contribution >= 4 is 28.4 Å². The Balaban J connectivity index is 2.19. The van der Waals surface area contributed by atoms with Crippen LogP contribution in [0.5, 0.6) is 0 Å². The second kappa shape index (κ2) is 9.01. The van der Waals surface area contributed by atoms with Crippen LogP contribution in [0, 0.1) is 0 Å². The average Bonchev–Trinajstić information content (AvgIpc) is 2.73. The molecule has 1 N–H and O–H groups in total. The number of hydrogen-bond donors (Lipinski definition) is 1. The summed E-state index contributed by atoms with van der Waals surface area (Å²) in [5.41, 5.74) is 2.90. The molecule has 0 aliphatic rings. The van der Waals surface area contributed by atoms with E-state index in [-0.39, 0.29) is 17.9 Å². The molecule has 6 nitrogen and oxygen atoms in total. The molecular formula is C23H21NO5. The van der Waals surface area contributed by atoms with E-state index in [0.29, 0.717) is 16.5 Å². The molecule has 0 aliphatic heterocycles. The molecule has 1 heterocycles. The van der Waals surface area contributed by atoms with Gasteiger partial charge in [-0.3, -0.25) is 9.78 Å². The van der Waals surface area contributed by atoms with E-state index in [0.717, 1.165) is 11.1 Å². The molecule has 0 spiro atoms. The van der Waals surface area contributed by atoms with Gasteiger partial charge in [0, 0.05) is 29.6 Å². The number of aromatic nitrogens is 1. The minimum absolute atomic E-state index is 0.0503. The number of aliphatic hydroxyl groups excluding tert-OH is 1. The first-order valence-electron chi connectivity index (χ1n) is 9.18. The lowest BCUT2D eigenvalue weighted by Gasteiger charge is -2.13. The van der Waals surface area contributed by atoms with Crippen LogP contribution in [0.4, 0.5) is 0 Å². The predicted octanol–water partition coefficient (Wildman–Crippen LogP) is 4.30. The third kappa shape index (κ3) is 4.60. The van der Waals surface area contributed by atoms with E-state index in [2.05, 4.69) is 4.98 Å². The maximum atomic E-state index is 12.6. The van der Waals surface area contributed by atoms with Crippen molar-refractivity contribution in [2.75, 3.05) is 13.2 Å². The van der Waals surface area contributed by atoms with E-state index < -0.39 is 18.5 Å². The molecule has 29 heavy (non-hydrogen) atoms. The van der Waals surface area contributed by atoms with Gasteiger partial charge in [-0.25, -0.2) is 4.79 Å². The van der Waals surface area contributed by atoms with E-state index in [4.69, 9.17) is 9.47 Å². The van der Waals surface area contributed by atoms with Crippen LogP contribution in [0.1, 0.15) is 19.4 Å². The van der Waals surface area contributed by atoms with Crippen LogP contribution in [-0.2, 0) is 19.1 Å². The molecule has 0 atom stereocenters. The number of benzene rings is 2.